The van der Waals surface area contributed by atoms with Crippen LogP contribution in [0, 0.1) is 0 Å². The van der Waals surface area contributed by atoms with Gasteiger partial charge >= 0.3 is 0 Å². The van der Waals surface area contributed by atoms with Gasteiger partial charge in [-0.1, -0.05) is 11.6 Å². The molecule has 1 aromatic heterocycles. The highest BCUT2D eigenvalue weighted by atomic mass is 35.5. The first-order valence-electron chi connectivity index (χ1n) is 4.09. The molecule has 0 aliphatic rings. The van der Waals surface area contributed by atoms with Crippen molar-refractivity contribution in [3.8, 4) is 5.75 Å². The lowest BCUT2D eigenvalue weighted by atomic mass is 10.2. The molecule has 0 saturated carbocycles. The van der Waals surface area contributed by atoms with Crippen molar-refractivity contribution in [2.24, 2.45) is 0 Å². The van der Waals surface area contributed by atoms with E-state index in [9.17, 15) is 4.79 Å². The fraction of sp³-hybridized carbons (Fsp3) is 0.100. The summed E-state index contributed by atoms with van der Waals surface area (Å²) < 4.78 is 5.97. The second-order valence-electron chi connectivity index (χ2n) is 2.88. The second kappa shape index (κ2) is 5.01. The Morgan fingerprint density at radius 1 is 1.44 bits per heavy atom. The molecule has 2 aromatic rings. The van der Waals surface area contributed by atoms with E-state index >= 15 is 0 Å². The Bertz CT molecular complexity index is 539. The highest BCUT2D eigenvalue weighted by molar-refractivity contribution is 7.23. The third kappa shape index (κ3) is 2.15. The fourth-order valence-electron chi connectivity index (χ4n) is 1.30. The first-order valence-corrected chi connectivity index (χ1v) is 5.66. The quantitative estimate of drug-likeness (QED) is 0.841. The molecule has 0 unspecified atom stereocenters. The van der Waals surface area contributed by atoms with Crippen LogP contribution in [0.1, 0.15) is 9.67 Å². The van der Waals surface area contributed by atoms with Crippen molar-refractivity contribution >= 4 is 49.9 Å². The zero-order valence-electron chi connectivity index (χ0n) is 8.42. The van der Waals surface area contributed by atoms with Gasteiger partial charge < -0.3 is 10.9 Å². The minimum Gasteiger partial charge on any atom is -0.497 e. The van der Waals surface area contributed by atoms with Crippen LogP contribution in [0.2, 0.25) is 5.02 Å². The zero-order valence-corrected chi connectivity index (χ0v) is 10.7. The highest BCUT2D eigenvalue weighted by Crippen LogP contribution is 2.37. The van der Waals surface area contributed by atoms with E-state index in [1.165, 1.54) is 11.3 Å². The minimum atomic E-state index is -0.528. The van der Waals surface area contributed by atoms with Crippen LogP contribution in [-0.4, -0.2) is 12.4 Å². The molecule has 0 radical (unpaired) electrons. The molecule has 0 atom stereocenters. The van der Waals surface area contributed by atoms with Crippen LogP contribution in [0.5, 0.6) is 5.75 Å². The Morgan fingerprint density at radius 3 is 2.69 bits per heavy atom. The highest BCUT2D eigenvalue weighted by Gasteiger charge is 2.15. The normalized spacial score (nSPS) is 9.94. The van der Waals surface area contributed by atoms with Gasteiger partial charge in [0.25, 0.3) is 5.24 Å². The molecule has 6 heteroatoms. The van der Waals surface area contributed by atoms with Gasteiger partial charge in [-0.25, -0.2) is 0 Å². The second-order valence-corrected chi connectivity index (χ2v) is 4.65. The number of carbonyl (C=O) groups excluding carboxylic acids is 1. The van der Waals surface area contributed by atoms with E-state index in [-0.39, 0.29) is 6.15 Å². The first kappa shape index (κ1) is 13.3. The Kier molecular flexibility index (Phi) is 4.15. The lowest BCUT2D eigenvalue weighted by Crippen LogP contribution is -1.81. The maximum absolute atomic E-state index is 11.1. The van der Waals surface area contributed by atoms with Gasteiger partial charge in [0.15, 0.2) is 0 Å². The molecule has 1 aromatic carbocycles. The number of thiophene rings is 1. The summed E-state index contributed by atoms with van der Waals surface area (Å²) in [5.41, 5.74) is 0. The number of benzene rings is 1. The number of ether oxygens (including phenoxy) is 1. The molecule has 16 heavy (non-hydrogen) atoms. The molecule has 0 amide bonds. The zero-order chi connectivity index (χ0) is 11.0. The third-order valence-electron chi connectivity index (χ3n) is 2.02. The molecule has 1 heterocycles. The number of carbonyl (C=O) groups is 1. The summed E-state index contributed by atoms with van der Waals surface area (Å²) in [4.78, 5) is 11.4. The number of rotatable bonds is 2. The lowest BCUT2D eigenvalue weighted by Gasteiger charge is -1.97. The average molecular weight is 278 g/mol. The Labute approximate surface area is 107 Å². The van der Waals surface area contributed by atoms with Gasteiger partial charge in [-0.15, -0.1) is 11.3 Å². The molecule has 3 N–H and O–H groups in total. The predicted molar refractivity (Wildman–Crippen MR) is 68.6 cm³/mol. The van der Waals surface area contributed by atoms with Crippen LogP contribution in [0.4, 0.5) is 0 Å². The van der Waals surface area contributed by atoms with Gasteiger partial charge in [0.05, 0.1) is 12.1 Å². The number of hydrogen-bond donors (Lipinski definition) is 1. The summed E-state index contributed by atoms with van der Waals surface area (Å²) in [6.07, 6.45) is 0. The van der Waals surface area contributed by atoms with Crippen molar-refractivity contribution in [3.63, 3.8) is 0 Å². The smallest absolute Gasteiger partial charge is 0.263 e. The number of hydrogen-bond acceptors (Lipinski definition) is 4. The molecule has 0 fully saturated rings. The molecule has 0 saturated heterocycles. The summed E-state index contributed by atoms with van der Waals surface area (Å²) >= 11 is 12.7. The van der Waals surface area contributed by atoms with E-state index in [0.717, 1.165) is 15.8 Å². The standard InChI is InChI=1S/C10H6Cl2O2S.H3N/c1-14-5-2-3-6-7(4-5)15-9(8(6)11)10(12)13;/h2-4H,1H3;1H3. The molecule has 86 valence electrons. The SMILES string of the molecule is COc1ccc2c(Cl)c(C(=O)Cl)sc2c1.N. The summed E-state index contributed by atoms with van der Waals surface area (Å²) in [5, 5.41) is 0.712. The third-order valence-corrected chi connectivity index (χ3v) is 3.97. The largest absolute Gasteiger partial charge is 0.497 e. The van der Waals surface area contributed by atoms with E-state index in [1.807, 2.05) is 12.1 Å². The molecule has 0 aliphatic heterocycles. The maximum Gasteiger partial charge on any atom is 0.263 e. The molecule has 3 nitrogen and oxygen atoms in total. The summed E-state index contributed by atoms with van der Waals surface area (Å²) in [6.45, 7) is 0. The van der Waals surface area contributed by atoms with Crippen molar-refractivity contribution in [1.29, 1.82) is 0 Å². The number of fused-ring (bicyclic) bond motifs is 1. The van der Waals surface area contributed by atoms with Crippen LogP contribution in [-0.2, 0) is 0 Å². The van der Waals surface area contributed by atoms with Crippen LogP contribution in [0.15, 0.2) is 18.2 Å². The predicted octanol–water partition coefficient (Wildman–Crippen LogP) is 4.10. The lowest BCUT2D eigenvalue weighted by molar-refractivity contribution is 0.108. The van der Waals surface area contributed by atoms with E-state index < -0.39 is 5.24 Å². The van der Waals surface area contributed by atoms with E-state index in [2.05, 4.69) is 0 Å². The topological polar surface area (TPSA) is 61.3 Å². The van der Waals surface area contributed by atoms with Crippen molar-refractivity contribution in [2.75, 3.05) is 7.11 Å². The van der Waals surface area contributed by atoms with Gasteiger partial charge in [0.2, 0.25) is 0 Å². The van der Waals surface area contributed by atoms with Crippen molar-refractivity contribution in [2.45, 2.75) is 0 Å². The summed E-state index contributed by atoms with van der Waals surface area (Å²) in [7, 11) is 1.59. The van der Waals surface area contributed by atoms with E-state index in [4.69, 9.17) is 27.9 Å². The monoisotopic (exact) mass is 277 g/mol. The van der Waals surface area contributed by atoms with Gasteiger partial charge in [-0.05, 0) is 29.8 Å². The van der Waals surface area contributed by atoms with Gasteiger partial charge in [-0.2, -0.15) is 0 Å². The van der Waals surface area contributed by atoms with Crippen LogP contribution in [0.3, 0.4) is 0 Å². The molecule has 0 bridgehead atoms. The molecular formula is C10H9Cl2NO2S. The van der Waals surface area contributed by atoms with Crippen LogP contribution >= 0.6 is 34.5 Å². The maximum atomic E-state index is 11.1. The van der Waals surface area contributed by atoms with Crippen molar-refractivity contribution in [1.82, 2.24) is 6.15 Å². The van der Waals surface area contributed by atoms with Crippen molar-refractivity contribution < 1.29 is 9.53 Å². The van der Waals surface area contributed by atoms with Crippen LogP contribution in [0.25, 0.3) is 10.1 Å². The minimum absolute atomic E-state index is 0. The first-order chi connectivity index (χ1) is 7.13. The van der Waals surface area contributed by atoms with Gasteiger partial charge in [0, 0.05) is 10.1 Å². The van der Waals surface area contributed by atoms with Gasteiger partial charge in [-0.3, -0.25) is 4.79 Å². The molecular weight excluding hydrogens is 269 g/mol. The molecule has 2 rings (SSSR count). The molecule has 0 aliphatic carbocycles. The Hall–Kier alpha value is -0.810. The fourth-order valence-corrected chi connectivity index (χ4v) is 2.93. The van der Waals surface area contributed by atoms with Crippen molar-refractivity contribution in [3.05, 3.63) is 28.1 Å². The Morgan fingerprint density at radius 2 is 2.12 bits per heavy atom. The van der Waals surface area contributed by atoms with E-state index in [0.29, 0.717) is 9.90 Å². The average Bonchev–Trinajstić information content (AvgIpc) is 2.55. The summed E-state index contributed by atoms with van der Waals surface area (Å²) in [5.74, 6) is 0.731. The Balaban J connectivity index is 0.00000128. The number of halogens is 2. The summed E-state index contributed by atoms with van der Waals surface area (Å²) in [6, 6.07) is 5.44. The van der Waals surface area contributed by atoms with Gasteiger partial charge in [0.1, 0.15) is 10.6 Å². The van der Waals surface area contributed by atoms with Crippen LogP contribution < -0.4 is 10.9 Å². The van der Waals surface area contributed by atoms with E-state index in [1.54, 1.807) is 13.2 Å². The number of methoxy groups -OCH3 is 1. The molecule has 0 spiro atoms.